The zero-order chi connectivity index (χ0) is 11.5. The molecule has 0 N–H and O–H groups in total. The SMILES string of the molecule is CN(C)[S+](C)(=O)/C=C(/[O-])c1ccccc1. The first-order valence-electron chi connectivity index (χ1n) is 4.54. The van der Waals surface area contributed by atoms with Gasteiger partial charge in [0.05, 0.1) is 0 Å². The number of rotatable bonds is 3. The van der Waals surface area contributed by atoms with Crippen LogP contribution >= 0.6 is 0 Å². The molecule has 0 saturated carbocycles. The fourth-order valence-corrected chi connectivity index (χ4v) is 1.72. The second-order valence-corrected chi connectivity index (χ2v) is 6.21. The molecule has 1 aromatic rings. The van der Waals surface area contributed by atoms with Crippen LogP contribution in [-0.4, -0.2) is 24.7 Å². The Morgan fingerprint density at radius 3 is 2.33 bits per heavy atom. The van der Waals surface area contributed by atoms with Gasteiger partial charge in [0.1, 0.15) is 11.7 Å². The van der Waals surface area contributed by atoms with Crippen LogP contribution in [0.15, 0.2) is 35.7 Å². The van der Waals surface area contributed by atoms with E-state index in [0.29, 0.717) is 5.56 Å². The molecule has 0 aromatic heterocycles. The summed E-state index contributed by atoms with van der Waals surface area (Å²) in [5.74, 6) is -0.197. The lowest BCUT2D eigenvalue weighted by molar-refractivity contribution is -0.243. The smallest absolute Gasteiger partial charge is 0.179 e. The maximum atomic E-state index is 11.9. The molecule has 1 unspecified atom stereocenters. The molecule has 1 aromatic carbocycles. The molecule has 0 aliphatic heterocycles. The molecule has 1 rings (SSSR count). The van der Waals surface area contributed by atoms with Crippen LogP contribution in [0.1, 0.15) is 5.56 Å². The maximum absolute atomic E-state index is 11.9. The van der Waals surface area contributed by atoms with E-state index in [1.165, 1.54) is 5.41 Å². The van der Waals surface area contributed by atoms with Gasteiger partial charge in [-0.3, -0.25) is 0 Å². The summed E-state index contributed by atoms with van der Waals surface area (Å²) >= 11 is 0. The van der Waals surface area contributed by atoms with Crippen LogP contribution in [0, 0.1) is 0 Å². The third-order valence-corrected chi connectivity index (χ3v) is 4.21. The van der Waals surface area contributed by atoms with Crippen molar-refractivity contribution < 1.29 is 9.32 Å². The molecule has 15 heavy (non-hydrogen) atoms. The topological polar surface area (TPSA) is 43.4 Å². The highest BCUT2D eigenvalue weighted by atomic mass is 32.3. The molecule has 1 atom stereocenters. The van der Waals surface area contributed by atoms with Crippen LogP contribution in [-0.2, 0) is 14.3 Å². The van der Waals surface area contributed by atoms with E-state index >= 15 is 0 Å². The van der Waals surface area contributed by atoms with Crippen LogP contribution in [0.2, 0.25) is 0 Å². The van der Waals surface area contributed by atoms with E-state index in [1.54, 1.807) is 48.9 Å². The maximum Gasteiger partial charge on any atom is 0.179 e. The molecule has 4 heteroatoms. The fourth-order valence-electron chi connectivity index (χ4n) is 0.974. The average Bonchev–Trinajstić information content (AvgIpc) is 2.18. The molecule has 0 aliphatic carbocycles. The minimum absolute atomic E-state index is 0.197. The molecular weight excluding hydrogens is 210 g/mol. The zero-order valence-corrected chi connectivity index (χ0v) is 9.95. The fraction of sp³-hybridized carbons (Fsp3) is 0.273. The number of nitrogens with zero attached hydrogens (tertiary/aromatic N) is 1. The van der Waals surface area contributed by atoms with E-state index < -0.39 is 10.1 Å². The highest BCUT2D eigenvalue weighted by Gasteiger charge is 2.20. The summed E-state index contributed by atoms with van der Waals surface area (Å²) in [4.78, 5) is 0. The van der Waals surface area contributed by atoms with Crippen molar-refractivity contribution >= 4 is 15.9 Å². The second-order valence-electron chi connectivity index (χ2n) is 3.52. The van der Waals surface area contributed by atoms with Crippen molar-refractivity contribution in [3.05, 3.63) is 41.3 Å². The minimum atomic E-state index is -2.34. The lowest BCUT2D eigenvalue weighted by atomic mass is 10.2. The zero-order valence-electron chi connectivity index (χ0n) is 9.14. The quantitative estimate of drug-likeness (QED) is 0.568. The molecule has 0 saturated heterocycles. The minimum Gasteiger partial charge on any atom is -0.869 e. The second kappa shape index (κ2) is 4.59. The normalized spacial score (nSPS) is 16.4. The predicted molar refractivity (Wildman–Crippen MR) is 62.1 cm³/mol. The Balaban J connectivity index is 3.00. The summed E-state index contributed by atoms with van der Waals surface area (Å²) < 4.78 is 13.5. The molecule has 3 nitrogen and oxygen atoms in total. The Bertz CT molecular complexity index is 398. The molecule has 0 amide bonds. The van der Waals surface area contributed by atoms with Crippen LogP contribution in [0.25, 0.3) is 5.76 Å². The van der Waals surface area contributed by atoms with E-state index in [4.69, 9.17) is 0 Å². The first kappa shape index (κ1) is 11.9. The van der Waals surface area contributed by atoms with Crippen LogP contribution in [0.5, 0.6) is 0 Å². The Morgan fingerprint density at radius 2 is 1.87 bits per heavy atom. The van der Waals surface area contributed by atoms with Gasteiger partial charge in [-0.15, -0.1) is 4.31 Å². The Kier molecular flexibility index (Phi) is 3.66. The van der Waals surface area contributed by atoms with Crippen molar-refractivity contribution in [2.24, 2.45) is 0 Å². The predicted octanol–water partition coefficient (Wildman–Crippen LogP) is 0.951. The van der Waals surface area contributed by atoms with Gasteiger partial charge in [0, 0.05) is 14.1 Å². The third kappa shape index (κ3) is 3.18. The first-order valence-corrected chi connectivity index (χ1v) is 6.53. The Hall–Kier alpha value is -1.13. The van der Waals surface area contributed by atoms with Crippen LogP contribution < -0.4 is 5.11 Å². The van der Waals surface area contributed by atoms with Crippen molar-refractivity contribution in [2.75, 3.05) is 20.4 Å². The van der Waals surface area contributed by atoms with E-state index in [9.17, 15) is 9.32 Å². The lowest BCUT2D eigenvalue weighted by Crippen LogP contribution is -2.26. The summed E-state index contributed by atoms with van der Waals surface area (Å²) in [5.41, 5.74) is 0.564. The molecule has 82 valence electrons. The van der Waals surface area contributed by atoms with Gasteiger partial charge in [0.25, 0.3) is 0 Å². The highest BCUT2D eigenvalue weighted by molar-refractivity contribution is 8.03. The monoisotopic (exact) mass is 225 g/mol. The van der Waals surface area contributed by atoms with Crippen molar-refractivity contribution in [3.63, 3.8) is 0 Å². The number of benzene rings is 1. The van der Waals surface area contributed by atoms with E-state index in [1.807, 2.05) is 6.07 Å². The van der Waals surface area contributed by atoms with Crippen molar-refractivity contribution in [1.29, 1.82) is 0 Å². The van der Waals surface area contributed by atoms with Gasteiger partial charge < -0.3 is 5.11 Å². The van der Waals surface area contributed by atoms with Crippen molar-refractivity contribution in [1.82, 2.24) is 4.31 Å². The Morgan fingerprint density at radius 1 is 1.33 bits per heavy atom. The molecule has 0 radical (unpaired) electrons. The highest BCUT2D eigenvalue weighted by Crippen LogP contribution is 2.14. The van der Waals surface area contributed by atoms with E-state index in [2.05, 4.69) is 0 Å². The number of hydrogen-bond donors (Lipinski definition) is 0. The molecule has 0 fully saturated rings. The Labute approximate surface area is 91.6 Å². The summed E-state index contributed by atoms with van der Waals surface area (Å²) in [6, 6.07) is 8.84. The summed E-state index contributed by atoms with van der Waals surface area (Å²) in [6.07, 6.45) is 1.55. The van der Waals surface area contributed by atoms with Gasteiger partial charge in [-0.25, -0.2) is 0 Å². The molecule has 0 spiro atoms. The molecular formula is C11H15NO2S. The van der Waals surface area contributed by atoms with Crippen molar-refractivity contribution in [3.8, 4) is 0 Å². The van der Waals surface area contributed by atoms with E-state index in [0.717, 1.165) is 0 Å². The van der Waals surface area contributed by atoms with Gasteiger partial charge in [-0.05, 0) is 5.56 Å². The van der Waals surface area contributed by atoms with Gasteiger partial charge in [-0.1, -0.05) is 40.3 Å². The summed E-state index contributed by atoms with van der Waals surface area (Å²) in [6.45, 7) is 0. The largest absolute Gasteiger partial charge is 0.869 e. The summed E-state index contributed by atoms with van der Waals surface area (Å²) in [5, 5.41) is 13.0. The van der Waals surface area contributed by atoms with E-state index in [-0.39, 0.29) is 5.76 Å². The molecule has 0 aliphatic rings. The van der Waals surface area contributed by atoms with Gasteiger partial charge >= 0.3 is 0 Å². The standard InChI is InChI=1S/C11H15NO2S/c1-12(2)15(3,14)9-11(13)10-7-5-4-6-8-10/h4-9H,1-3H3. The van der Waals surface area contributed by atoms with Gasteiger partial charge in [-0.2, -0.15) is 0 Å². The molecule has 0 bridgehead atoms. The average molecular weight is 225 g/mol. The van der Waals surface area contributed by atoms with Gasteiger partial charge in [0.15, 0.2) is 10.1 Å². The summed E-state index contributed by atoms with van der Waals surface area (Å²) in [7, 11) is 1.05. The lowest BCUT2D eigenvalue weighted by Gasteiger charge is -2.15. The van der Waals surface area contributed by atoms with Crippen LogP contribution in [0.3, 0.4) is 0 Å². The molecule has 0 heterocycles. The number of hydrogen-bond acceptors (Lipinski definition) is 2. The van der Waals surface area contributed by atoms with Gasteiger partial charge in [0.2, 0.25) is 0 Å². The van der Waals surface area contributed by atoms with Crippen LogP contribution in [0.4, 0.5) is 0 Å². The van der Waals surface area contributed by atoms with Crippen molar-refractivity contribution in [2.45, 2.75) is 0 Å². The third-order valence-electron chi connectivity index (χ3n) is 2.11. The first-order chi connectivity index (χ1) is 6.93.